The largest absolute Gasteiger partial charge is 0.398 e. The zero-order valence-corrected chi connectivity index (χ0v) is 14.6. The van der Waals surface area contributed by atoms with Gasteiger partial charge in [0.1, 0.15) is 0 Å². The first kappa shape index (κ1) is 18.5. The molecule has 0 bridgehead atoms. The van der Waals surface area contributed by atoms with Crippen LogP contribution in [0.15, 0.2) is 18.2 Å². The summed E-state index contributed by atoms with van der Waals surface area (Å²) in [5.74, 6) is 0.0735. The zero-order chi connectivity index (χ0) is 16.5. The molecule has 0 aliphatic rings. The van der Waals surface area contributed by atoms with Crippen LogP contribution in [0.3, 0.4) is 0 Å². The highest BCUT2D eigenvalue weighted by molar-refractivity contribution is 5.95. The molecule has 22 heavy (non-hydrogen) atoms. The van der Waals surface area contributed by atoms with Crippen LogP contribution in [0.1, 0.15) is 50.0 Å². The van der Waals surface area contributed by atoms with Crippen molar-refractivity contribution in [3.63, 3.8) is 0 Å². The number of likely N-dealkylation sites (N-methyl/N-ethyl adjacent to an activating group) is 2. The van der Waals surface area contributed by atoms with Gasteiger partial charge < -0.3 is 15.5 Å². The molecule has 0 spiro atoms. The van der Waals surface area contributed by atoms with E-state index in [9.17, 15) is 4.79 Å². The van der Waals surface area contributed by atoms with Crippen molar-refractivity contribution in [3.05, 3.63) is 29.3 Å². The molecule has 124 valence electrons. The molecule has 0 aromatic heterocycles. The van der Waals surface area contributed by atoms with Gasteiger partial charge in [-0.25, -0.2) is 0 Å². The quantitative estimate of drug-likeness (QED) is 0.713. The summed E-state index contributed by atoms with van der Waals surface area (Å²) in [6.07, 6.45) is 2.02. The lowest BCUT2D eigenvalue weighted by atomic mass is 10.0. The highest BCUT2D eigenvalue weighted by Crippen LogP contribution is 2.17. The smallest absolute Gasteiger partial charge is 0.253 e. The number of aryl methyl sites for hydroxylation is 1. The van der Waals surface area contributed by atoms with Crippen LogP contribution in [0, 0.1) is 0 Å². The van der Waals surface area contributed by atoms with Gasteiger partial charge in [0.2, 0.25) is 0 Å². The first-order valence-electron chi connectivity index (χ1n) is 8.47. The third-order valence-corrected chi connectivity index (χ3v) is 4.16. The summed E-state index contributed by atoms with van der Waals surface area (Å²) >= 11 is 0. The van der Waals surface area contributed by atoms with Crippen molar-refractivity contribution in [2.24, 2.45) is 0 Å². The minimum Gasteiger partial charge on any atom is -0.398 e. The van der Waals surface area contributed by atoms with Crippen LogP contribution in [0.2, 0.25) is 0 Å². The van der Waals surface area contributed by atoms with Gasteiger partial charge >= 0.3 is 0 Å². The minimum absolute atomic E-state index is 0.0735. The molecule has 0 unspecified atom stereocenters. The number of amides is 1. The molecule has 4 heteroatoms. The first-order chi connectivity index (χ1) is 10.6. The Hall–Kier alpha value is -1.55. The second-order valence-corrected chi connectivity index (χ2v) is 5.58. The molecule has 1 rings (SSSR count). The number of anilines is 1. The number of nitrogen functional groups attached to an aromatic ring is 1. The van der Waals surface area contributed by atoms with Gasteiger partial charge in [0, 0.05) is 30.9 Å². The Balaban J connectivity index is 2.76. The van der Waals surface area contributed by atoms with E-state index >= 15 is 0 Å². The third-order valence-electron chi connectivity index (χ3n) is 4.16. The molecule has 1 aromatic rings. The SMILES string of the molecule is CCCc1ccc(C(=O)N(CC)CCN(CC)CC)cc1N. The zero-order valence-electron chi connectivity index (χ0n) is 14.6. The Bertz CT molecular complexity index is 469. The lowest BCUT2D eigenvalue weighted by Gasteiger charge is -2.25. The molecule has 0 saturated carbocycles. The summed E-state index contributed by atoms with van der Waals surface area (Å²) in [4.78, 5) is 16.9. The fraction of sp³-hybridized carbons (Fsp3) is 0.611. The van der Waals surface area contributed by atoms with Crippen LogP contribution < -0.4 is 5.73 Å². The number of benzene rings is 1. The van der Waals surface area contributed by atoms with E-state index in [0.29, 0.717) is 5.56 Å². The van der Waals surface area contributed by atoms with Gasteiger partial charge in [-0.05, 0) is 44.1 Å². The van der Waals surface area contributed by atoms with Crippen molar-refractivity contribution >= 4 is 11.6 Å². The fourth-order valence-corrected chi connectivity index (χ4v) is 2.61. The average molecular weight is 305 g/mol. The maximum absolute atomic E-state index is 12.6. The molecule has 0 fully saturated rings. The molecule has 0 aliphatic heterocycles. The van der Waals surface area contributed by atoms with Crippen LogP contribution in [-0.4, -0.2) is 48.4 Å². The van der Waals surface area contributed by atoms with Crippen molar-refractivity contribution in [2.45, 2.75) is 40.5 Å². The Morgan fingerprint density at radius 2 is 1.73 bits per heavy atom. The van der Waals surface area contributed by atoms with Gasteiger partial charge in [-0.3, -0.25) is 4.79 Å². The van der Waals surface area contributed by atoms with Crippen LogP contribution in [0.25, 0.3) is 0 Å². The number of carbonyl (C=O) groups is 1. The lowest BCUT2D eigenvalue weighted by molar-refractivity contribution is 0.0747. The number of rotatable bonds is 9. The Morgan fingerprint density at radius 3 is 2.23 bits per heavy atom. The Kier molecular flexibility index (Phi) is 7.96. The monoisotopic (exact) mass is 305 g/mol. The summed E-state index contributed by atoms with van der Waals surface area (Å²) in [5.41, 5.74) is 8.63. The maximum atomic E-state index is 12.6. The maximum Gasteiger partial charge on any atom is 0.253 e. The van der Waals surface area contributed by atoms with Gasteiger partial charge in [0.05, 0.1) is 0 Å². The summed E-state index contributed by atoms with van der Waals surface area (Å²) in [6.45, 7) is 12.9. The number of hydrogen-bond donors (Lipinski definition) is 1. The van der Waals surface area contributed by atoms with Crippen LogP contribution in [0.5, 0.6) is 0 Å². The fourth-order valence-electron chi connectivity index (χ4n) is 2.61. The first-order valence-corrected chi connectivity index (χ1v) is 8.47. The van der Waals surface area contributed by atoms with Crippen LogP contribution in [0.4, 0.5) is 5.69 Å². The summed E-state index contributed by atoms with van der Waals surface area (Å²) in [7, 11) is 0. The van der Waals surface area contributed by atoms with Crippen molar-refractivity contribution in [1.82, 2.24) is 9.80 Å². The molecular formula is C18H31N3O. The highest BCUT2D eigenvalue weighted by Gasteiger charge is 2.15. The van der Waals surface area contributed by atoms with Gasteiger partial charge in [-0.2, -0.15) is 0 Å². The molecule has 0 heterocycles. The van der Waals surface area contributed by atoms with E-state index in [0.717, 1.165) is 56.8 Å². The van der Waals surface area contributed by atoms with E-state index < -0.39 is 0 Å². The molecule has 0 radical (unpaired) electrons. The Morgan fingerprint density at radius 1 is 1.05 bits per heavy atom. The second-order valence-electron chi connectivity index (χ2n) is 5.58. The summed E-state index contributed by atoms with van der Waals surface area (Å²) in [6, 6.07) is 5.72. The van der Waals surface area contributed by atoms with Crippen molar-refractivity contribution in [2.75, 3.05) is 38.5 Å². The van der Waals surface area contributed by atoms with E-state index in [1.807, 2.05) is 30.0 Å². The number of carbonyl (C=O) groups excluding carboxylic acids is 1. The average Bonchev–Trinajstić information content (AvgIpc) is 2.53. The summed E-state index contributed by atoms with van der Waals surface area (Å²) in [5, 5.41) is 0. The van der Waals surface area contributed by atoms with Gasteiger partial charge in [0.25, 0.3) is 5.91 Å². The van der Waals surface area contributed by atoms with Gasteiger partial charge in [0.15, 0.2) is 0 Å². The van der Waals surface area contributed by atoms with Crippen molar-refractivity contribution in [1.29, 1.82) is 0 Å². The summed E-state index contributed by atoms with van der Waals surface area (Å²) < 4.78 is 0. The number of nitrogens with two attached hydrogens (primary N) is 1. The number of hydrogen-bond acceptors (Lipinski definition) is 3. The lowest BCUT2D eigenvalue weighted by Crippen LogP contribution is -2.38. The van der Waals surface area contributed by atoms with E-state index in [-0.39, 0.29) is 5.91 Å². The second kappa shape index (κ2) is 9.46. The standard InChI is InChI=1S/C18H31N3O/c1-5-9-15-10-11-16(14-17(15)19)18(22)21(8-4)13-12-20(6-2)7-3/h10-11,14H,5-9,12-13,19H2,1-4H3. The molecule has 4 nitrogen and oxygen atoms in total. The molecule has 1 amide bonds. The van der Waals surface area contributed by atoms with Crippen LogP contribution in [-0.2, 0) is 6.42 Å². The van der Waals surface area contributed by atoms with E-state index in [1.165, 1.54) is 0 Å². The molecule has 0 saturated heterocycles. The van der Waals surface area contributed by atoms with Gasteiger partial charge in [-0.15, -0.1) is 0 Å². The minimum atomic E-state index is 0.0735. The molecule has 0 aliphatic carbocycles. The highest BCUT2D eigenvalue weighted by atomic mass is 16.2. The molecule has 0 atom stereocenters. The van der Waals surface area contributed by atoms with E-state index in [1.54, 1.807) is 0 Å². The molecular weight excluding hydrogens is 274 g/mol. The predicted molar refractivity (Wildman–Crippen MR) is 94.2 cm³/mol. The normalized spacial score (nSPS) is 11.0. The van der Waals surface area contributed by atoms with E-state index in [2.05, 4.69) is 25.7 Å². The predicted octanol–water partition coefficient (Wildman–Crippen LogP) is 3.03. The van der Waals surface area contributed by atoms with Crippen LogP contribution >= 0.6 is 0 Å². The molecule has 1 aromatic carbocycles. The van der Waals surface area contributed by atoms with Crippen molar-refractivity contribution in [3.8, 4) is 0 Å². The third kappa shape index (κ3) is 5.02. The van der Waals surface area contributed by atoms with Crippen molar-refractivity contribution < 1.29 is 4.79 Å². The Labute approximate surface area is 135 Å². The molecule has 2 N–H and O–H groups in total. The topological polar surface area (TPSA) is 49.6 Å². The number of nitrogens with zero attached hydrogens (tertiary/aromatic N) is 2. The van der Waals surface area contributed by atoms with E-state index in [4.69, 9.17) is 5.73 Å². The van der Waals surface area contributed by atoms with Gasteiger partial charge in [-0.1, -0.05) is 33.3 Å².